The minimum absolute atomic E-state index is 0.330. The van der Waals surface area contributed by atoms with Gasteiger partial charge >= 0.3 is 0 Å². The van der Waals surface area contributed by atoms with Crippen LogP contribution in [-0.4, -0.2) is 0 Å². The first kappa shape index (κ1) is 13.7. The van der Waals surface area contributed by atoms with E-state index >= 15 is 0 Å². The molecule has 3 nitrogen and oxygen atoms in total. The summed E-state index contributed by atoms with van der Waals surface area (Å²) >= 11 is 0. The minimum Gasteiger partial charge on any atom is -0.485 e. The van der Waals surface area contributed by atoms with E-state index in [-0.39, 0.29) is 0 Å². The van der Waals surface area contributed by atoms with Gasteiger partial charge in [0.15, 0.2) is 11.5 Å². The largest absolute Gasteiger partial charge is 0.485 e. The zero-order chi connectivity index (χ0) is 14.8. The SMILES string of the molecule is Cc1cc(C)cc(COc2c(CN)oc3ccccc23)c1. The highest BCUT2D eigenvalue weighted by Crippen LogP contribution is 2.33. The third-order valence-electron chi connectivity index (χ3n) is 3.47. The van der Waals surface area contributed by atoms with Crippen molar-refractivity contribution in [1.29, 1.82) is 0 Å². The van der Waals surface area contributed by atoms with Crippen LogP contribution in [0.25, 0.3) is 11.0 Å². The second-order valence-electron chi connectivity index (χ2n) is 5.34. The first-order valence-electron chi connectivity index (χ1n) is 7.08. The molecule has 0 aliphatic carbocycles. The van der Waals surface area contributed by atoms with Crippen molar-refractivity contribution in [2.75, 3.05) is 0 Å². The maximum absolute atomic E-state index is 6.00. The van der Waals surface area contributed by atoms with Crippen molar-refractivity contribution in [2.45, 2.75) is 27.0 Å². The Labute approximate surface area is 124 Å². The molecule has 3 rings (SSSR count). The Morgan fingerprint density at radius 1 is 1.05 bits per heavy atom. The molecule has 0 spiro atoms. The highest BCUT2D eigenvalue weighted by molar-refractivity contribution is 5.85. The Balaban J connectivity index is 1.90. The number of hydrogen-bond acceptors (Lipinski definition) is 3. The molecular weight excluding hydrogens is 262 g/mol. The highest BCUT2D eigenvalue weighted by atomic mass is 16.5. The van der Waals surface area contributed by atoms with Crippen LogP contribution < -0.4 is 10.5 Å². The van der Waals surface area contributed by atoms with Crippen molar-refractivity contribution >= 4 is 11.0 Å². The molecule has 0 atom stereocenters. The van der Waals surface area contributed by atoms with Crippen molar-refractivity contribution in [2.24, 2.45) is 5.73 Å². The molecule has 1 heterocycles. The van der Waals surface area contributed by atoms with E-state index in [9.17, 15) is 0 Å². The predicted molar refractivity (Wildman–Crippen MR) is 84.4 cm³/mol. The fourth-order valence-corrected chi connectivity index (χ4v) is 2.67. The van der Waals surface area contributed by atoms with Gasteiger partial charge in [-0.15, -0.1) is 0 Å². The molecule has 0 amide bonds. The summed E-state index contributed by atoms with van der Waals surface area (Å²) in [4.78, 5) is 0. The van der Waals surface area contributed by atoms with Crippen LogP contribution in [0.5, 0.6) is 5.75 Å². The van der Waals surface area contributed by atoms with Gasteiger partial charge in [0.2, 0.25) is 0 Å². The number of hydrogen-bond donors (Lipinski definition) is 1. The molecule has 0 aliphatic heterocycles. The lowest BCUT2D eigenvalue weighted by molar-refractivity contribution is 0.299. The summed E-state index contributed by atoms with van der Waals surface area (Å²) in [6, 6.07) is 14.3. The number of ether oxygens (including phenoxy) is 1. The van der Waals surface area contributed by atoms with Gasteiger partial charge < -0.3 is 14.9 Å². The van der Waals surface area contributed by atoms with Crippen LogP contribution in [0.3, 0.4) is 0 Å². The highest BCUT2D eigenvalue weighted by Gasteiger charge is 2.14. The molecule has 0 bridgehead atoms. The van der Waals surface area contributed by atoms with Crippen molar-refractivity contribution in [3.63, 3.8) is 0 Å². The zero-order valence-corrected chi connectivity index (χ0v) is 12.3. The Morgan fingerprint density at radius 3 is 2.48 bits per heavy atom. The van der Waals surface area contributed by atoms with Gasteiger partial charge in [0.25, 0.3) is 0 Å². The maximum Gasteiger partial charge on any atom is 0.170 e. The lowest BCUT2D eigenvalue weighted by atomic mass is 10.1. The van der Waals surface area contributed by atoms with Crippen LogP contribution in [0, 0.1) is 13.8 Å². The Bertz CT molecular complexity index is 754. The molecule has 21 heavy (non-hydrogen) atoms. The molecule has 0 unspecified atom stereocenters. The summed E-state index contributed by atoms with van der Waals surface area (Å²) in [5.41, 5.74) is 10.2. The summed E-state index contributed by atoms with van der Waals surface area (Å²) in [6.45, 7) is 5.03. The third kappa shape index (κ3) is 2.78. The monoisotopic (exact) mass is 281 g/mol. The van der Waals surface area contributed by atoms with Gasteiger partial charge in [0.05, 0.1) is 11.9 Å². The maximum atomic E-state index is 6.00. The number of rotatable bonds is 4. The number of furan rings is 1. The molecule has 0 fully saturated rings. The standard InChI is InChI=1S/C18H19NO2/c1-12-7-13(2)9-14(8-12)11-20-18-15-5-3-4-6-16(15)21-17(18)10-19/h3-9H,10-11,19H2,1-2H3. The van der Waals surface area contributed by atoms with Gasteiger partial charge in [-0.2, -0.15) is 0 Å². The van der Waals surface area contributed by atoms with Crippen molar-refractivity contribution < 1.29 is 9.15 Å². The molecular formula is C18H19NO2. The van der Waals surface area contributed by atoms with Gasteiger partial charge in [-0.05, 0) is 31.5 Å². The smallest absolute Gasteiger partial charge is 0.170 e. The number of nitrogens with two attached hydrogens (primary N) is 1. The molecule has 108 valence electrons. The Hall–Kier alpha value is -2.26. The average molecular weight is 281 g/mol. The molecule has 2 N–H and O–H groups in total. The predicted octanol–water partition coefficient (Wildman–Crippen LogP) is 4.09. The fourth-order valence-electron chi connectivity index (χ4n) is 2.67. The quantitative estimate of drug-likeness (QED) is 0.783. The first-order chi connectivity index (χ1) is 10.2. The van der Waals surface area contributed by atoms with E-state index in [2.05, 4.69) is 32.0 Å². The van der Waals surface area contributed by atoms with Crippen molar-refractivity contribution in [1.82, 2.24) is 0 Å². The van der Waals surface area contributed by atoms with Crippen LogP contribution in [0.15, 0.2) is 46.9 Å². The summed E-state index contributed by atoms with van der Waals surface area (Å²) in [7, 11) is 0. The normalized spacial score (nSPS) is 11.0. The van der Waals surface area contributed by atoms with Gasteiger partial charge in [-0.1, -0.05) is 41.5 Å². The molecule has 2 aromatic carbocycles. The average Bonchev–Trinajstić information content (AvgIpc) is 2.82. The van der Waals surface area contributed by atoms with E-state index in [0.29, 0.717) is 18.9 Å². The summed E-state index contributed by atoms with van der Waals surface area (Å²) in [5.74, 6) is 1.45. The van der Waals surface area contributed by atoms with E-state index < -0.39 is 0 Å². The van der Waals surface area contributed by atoms with Crippen molar-refractivity contribution in [3.8, 4) is 5.75 Å². The molecule has 0 radical (unpaired) electrons. The lowest BCUT2D eigenvalue weighted by Crippen LogP contribution is -2.01. The van der Waals surface area contributed by atoms with Crippen LogP contribution in [-0.2, 0) is 13.2 Å². The van der Waals surface area contributed by atoms with E-state index in [1.165, 1.54) is 11.1 Å². The molecule has 3 heteroatoms. The van der Waals surface area contributed by atoms with Crippen LogP contribution in [0.4, 0.5) is 0 Å². The van der Waals surface area contributed by atoms with Gasteiger partial charge in [-0.3, -0.25) is 0 Å². The number of fused-ring (bicyclic) bond motifs is 1. The van der Waals surface area contributed by atoms with Gasteiger partial charge in [-0.25, -0.2) is 0 Å². The van der Waals surface area contributed by atoms with Crippen LogP contribution in [0.1, 0.15) is 22.5 Å². The van der Waals surface area contributed by atoms with E-state index in [0.717, 1.165) is 22.3 Å². The lowest BCUT2D eigenvalue weighted by Gasteiger charge is -2.08. The Morgan fingerprint density at radius 2 is 1.76 bits per heavy atom. The molecule has 0 saturated heterocycles. The van der Waals surface area contributed by atoms with Gasteiger partial charge in [0.1, 0.15) is 12.2 Å². The summed E-state index contributed by atoms with van der Waals surface area (Å²) in [5, 5.41) is 0.974. The number of para-hydroxylation sites is 1. The Kier molecular flexibility index (Phi) is 3.67. The van der Waals surface area contributed by atoms with Crippen molar-refractivity contribution in [3.05, 3.63) is 64.9 Å². The zero-order valence-electron chi connectivity index (χ0n) is 12.3. The van der Waals surface area contributed by atoms with E-state index in [4.69, 9.17) is 14.9 Å². The second-order valence-corrected chi connectivity index (χ2v) is 5.34. The molecule has 1 aromatic heterocycles. The van der Waals surface area contributed by atoms with E-state index in [1.807, 2.05) is 24.3 Å². The first-order valence-corrected chi connectivity index (χ1v) is 7.08. The molecule has 0 aliphatic rings. The molecule has 3 aromatic rings. The third-order valence-corrected chi connectivity index (χ3v) is 3.47. The van der Waals surface area contributed by atoms with Crippen LogP contribution >= 0.6 is 0 Å². The fraction of sp³-hybridized carbons (Fsp3) is 0.222. The minimum atomic E-state index is 0.330. The second kappa shape index (κ2) is 5.62. The van der Waals surface area contributed by atoms with Gasteiger partial charge in [0, 0.05) is 0 Å². The summed E-state index contributed by atoms with van der Waals surface area (Å²) in [6.07, 6.45) is 0. The summed E-state index contributed by atoms with van der Waals surface area (Å²) < 4.78 is 11.7. The van der Waals surface area contributed by atoms with E-state index in [1.54, 1.807) is 0 Å². The molecule has 0 saturated carbocycles. The number of benzene rings is 2. The van der Waals surface area contributed by atoms with Crippen LogP contribution in [0.2, 0.25) is 0 Å². The number of aryl methyl sites for hydroxylation is 2. The topological polar surface area (TPSA) is 48.4 Å².